The number of nitrogens with one attached hydrogen (secondary N) is 1. The van der Waals surface area contributed by atoms with Gasteiger partial charge >= 0.3 is 0 Å². The topological polar surface area (TPSA) is 58.4 Å². The maximum absolute atomic E-state index is 12.4. The number of carbonyl (C=O) groups excluding carboxylic acids is 1. The van der Waals surface area contributed by atoms with Gasteiger partial charge in [0.1, 0.15) is 11.5 Å². The van der Waals surface area contributed by atoms with Crippen molar-refractivity contribution < 1.29 is 9.32 Å². The highest BCUT2D eigenvalue weighted by atomic mass is 16.5. The first-order chi connectivity index (χ1) is 12.1. The molecule has 2 aromatic carbocycles. The molecule has 0 aliphatic carbocycles. The highest BCUT2D eigenvalue weighted by molar-refractivity contribution is 5.94. The van der Waals surface area contributed by atoms with Gasteiger partial charge in [-0.1, -0.05) is 35.5 Å². The molecule has 0 fully saturated rings. The molecule has 0 bridgehead atoms. The monoisotopic (exact) mass is 335 g/mol. The number of aromatic nitrogens is 1. The summed E-state index contributed by atoms with van der Waals surface area (Å²) in [5, 5.41) is 7.23. The Bertz CT molecular complexity index is 826. The second-order valence-corrected chi connectivity index (χ2v) is 5.94. The molecular formula is C20H21N3O2. The van der Waals surface area contributed by atoms with E-state index in [1.165, 1.54) is 0 Å². The molecule has 0 aliphatic rings. The van der Waals surface area contributed by atoms with Gasteiger partial charge in [-0.3, -0.25) is 4.79 Å². The number of hydrogen-bond donors (Lipinski definition) is 1. The van der Waals surface area contributed by atoms with E-state index in [1.54, 1.807) is 11.9 Å². The first kappa shape index (κ1) is 16.8. The Labute approximate surface area is 147 Å². The smallest absolute Gasteiger partial charge is 0.231 e. The Kier molecular flexibility index (Phi) is 5.14. The van der Waals surface area contributed by atoms with E-state index >= 15 is 0 Å². The van der Waals surface area contributed by atoms with Crippen LogP contribution in [0.4, 0.5) is 11.4 Å². The number of aryl methyl sites for hydroxylation is 1. The molecule has 0 radical (unpaired) electrons. The van der Waals surface area contributed by atoms with Crippen LogP contribution in [0.2, 0.25) is 0 Å². The van der Waals surface area contributed by atoms with Crippen molar-refractivity contribution in [1.29, 1.82) is 0 Å². The number of para-hydroxylation sites is 1. The largest absolute Gasteiger partial charge is 0.379 e. The molecule has 1 heterocycles. The summed E-state index contributed by atoms with van der Waals surface area (Å²) in [6, 6.07) is 19.4. The average Bonchev–Trinajstić information content (AvgIpc) is 3.06. The van der Waals surface area contributed by atoms with Crippen molar-refractivity contribution in [3.63, 3.8) is 0 Å². The fraction of sp³-hybridized carbons (Fsp3) is 0.200. The number of carbonyl (C=O) groups is 1. The van der Waals surface area contributed by atoms with Crippen LogP contribution in [0.15, 0.2) is 65.2 Å². The molecule has 1 amide bonds. The standard InChI is InChI=1S/C20H21N3O2/c1-15-12-18(22-25-15)14-21-17-10-8-16(9-11-17)13-20(24)23(2)19-6-4-3-5-7-19/h3-12,21H,13-14H2,1-2H3. The second kappa shape index (κ2) is 7.66. The van der Waals surface area contributed by atoms with Gasteiger partial charge in [0.05, 0.1) is 13.0 Å². The van der Waals surface area contributed by atoms with E-state index in [-0.39, 0.29) is 5.91 Å². The lowest BCUT2D eigenvalue weighted by atomic mass is 10.1. The molecule has 0 unspecified atom stereocenters. The summed E-state index contributed by atoms with van der Waals surface area (Å²) in [5.74, 6) is 0.859. The van der Waals surface area contributed by atoms with E-state index in [2.05, 4.69) is 10.5 Å². The van der Waals surface area contributed by atoms with Gasteiger partial charge in [-0.05, 0) is 36.8 Å². The van der Waals surface area contributed by atoms with E-state index in [0.717, 1.165) is 28.4 Å². The zero-order valence-electron chi connectivity index (χ0n) is 14.4. The molecule has 0 saturated heterocycles. The Morgan fingerprint density at radius 1 is 1.12 bits per heavy atom. The van der Waals surface area contributed by atoms with E-state index in [4.69, 9.17) is 4.52 Å². The molecule has 3 rings (SSSR count). The Morgan fingerprint density at radius 3 is 2.48 bits per heavy atom. The van der Waals surface area contributed by atoms with Gasteiger partial charge in [0.15, 0.2) is 0 Å². The minimum Gasteiger partial charge on any atom is -0.379 e. The Balaban J connectivity index is 1.56. The van der Waals surface area contributed by atoms with Crippen LogP contribution in [-0.4, -0.2) is 18.1 Å². The third-order valence-electron chi connectivity index (χ3n) is 3.98. The lowest BCUT2D eigenvalue weighted by Gasteiger charge is -2.17. The summed E-state index contributed by atoms with van der Waals surface area (Å²) >= 11 is 0. The SMILES string of the molecule is Cc1cc(CNc2ccc(CC(=O)N(C)c3ccccc3)cc2)no1. The number of hydrogen-bond acceptors (Lipinski definition) is 4. The summed E-state index contributed by atoms with van der Waals surface area (Å²) in [6.07, 6.45) is 0.369. The molecule has 5 heteroatoms. The summed E-state index contributed by atoms with van der Waals surface area (Å²) in [6.45, 7) is 2.47. The van der Waals surface area contributed by atoms with Crippen molar-refractivity contribution in [3.8, 4) is 0 Å². The van der Waals surface area contributed by atoms with Crippen molar-refractivity contribution in [3.05, 3.63) is 77.7 Å². The quantitative estimate of drug-likeness (QED) is 0.744. The van der Waals surface area contributed by atoms with Crippen LogP contribution in [0, 0.1) is 6.92 Å². The summed E-state index contributed by atoms with van der Waals surface area (Å²) in [4.78, 5) is 14.1. The molecule has 25 heavy (non-hydrogen) atoms. The number of nitrogens with zero attached hydrogens (tertiary/aromatic N) is 2. The van der Waals surface area contributed by atoms with Crippen LogP contribution in [0.1, 0.15) is 17.0 Å². The molecule has 5 nitrogen and oxygen atoms in total. The number of benzene rings is 2. The molecule has 3 aromatic rings. The number of likely N-dealkylation sites (N-methyl/N-ethyl adjacent to an activating group) is 1. The molecule has 1 N–H and O–H groups in total. The zero-order chi connectivity index (χ0) is 17.6. The molecular weight excluding hydrogens is 314 g/mol. The van der Waals surface area contributed by atoms with Crippen molar-refractivity contribution in [2.24, 2.45) is 0 Å². The zero-order valence-corrected chi connectivity index (χ0v) is 14.4. The normalized spacial score (nSPS) is 10.5. The van der Waals surface area contributed by atoms with Crippen LogP contribution in [-0.2, 0) is 17.8 Å². The van der Waals surface area contributed by atoms with Gasteiger partial charge < -0.3 is 14.7 Å². The van der Waals surface area contributed by atoms with Crippen LogP contribution >= 0.6 is 0 Å². The molecule has 0 atom stereocenters. The van der Waals surface area contributed by atoms with Crippen molar-refractivity contribution in [1.82, 2.24) is 5.16 Å². The first-order valence-electron chi connectivity index (χ1n) is 8.18. The van der Waals surface area contributed by atoms with Gasteiger partial charge in [0.2, 0.25) is 5.91 Å². The number of rotatable bonds is 6. The molecule has 0 spiro atoms. The van der Waals surface area contributed by atoms with Crippen molar-refractivity contribution in [2.75, 3.05) is 17.3 Å². The first-order valence-corrected chi connectivity index (χ1v) is 8.18. The van der Waals surface area contributed by atoms with E-state index in [9.17, 15) is 4.79 Å². The van der Waals surface area contributed by atoms with E-state index in [1.807, 2.05) is 67.6 Å². The van der Waals surface area contributed by atoms with E-state index in [0.29, 0.717) is 13.0 Å². The number of anilines is 2. The van der Waals surface area contributed by atoms with Gasteiger partial charge in [-0.15, -0.1) is 0 Å². The van der Waals surface area contributed by atoms with Gasteiger partial charge in [-0.25, -0.2) is 0 Å². The Morgan fingerprint density at radius 2 is 1.84 bits per heavy atom. The third kappa shape index (κ3) is 4.47. The highest BCUT2D eigenvalue weighted by Gasteiger charge is 2.11. The predicted octanol–water partition coefficient (Wildman–Crippen LogP) is 3.80. The molecule has 1 aromatic heterocycles. The third-order valence-corrected chi connectivity index (χ3v) is 3.98. The second-order valence-electron chi connectivity index (χ2n) is 5.94. The summed E-state index contributed by atoms with van der Waals surface area (Å²) < 4.78 is 5.04. The van der Waals surface area contributed by atoms with Crippen LogP contribution in [0.3, 0.4) is 0 Å². The maximum Gasteiger partial charge on any atom is 0.231 e. The molecule has 0 saturated carbocycles. The van der Waals surface area contributed by atoms with Gasteiger partial charge in [0.25, 0.3) is 0 Å². The lowest BCUT2D eigenvalue weighted by molar-refractivity contribution is -0.117. The minimum atomic E-state index is 0.0602. The van der Waals surface area contributed by atoms with Crippen LogP contribution in [0.5, 0.6) is 0 Å². The summed E-state index contributed by atoms with van der Waals surface area (Å²) in [5.41, 5.74) is 3.72. The van der Waals surface area contributed by atoms with Crippen molar-refractivity contribution >= 4 is 17.3 Å². The lowest BCUT2D eigenvalue weighted by Crippen LogP contribution is -2.27. The maximum atomic E-state index is 12.4. The van der Waals surface area contributed by atoms with Crippen LogP contribution < -0.4 is 10.2 Å². The summed E-state index contributed by atoms with van der Waals surface area (Å²) in [7, 11) is 1.80. The average molecular weight is 335 g/mol. The fourth-order valence-electron chi connectivity index (χ4n) is 2.52. The fourth-order valence-corrected chi connectivity index (χ4v) is 2.52. The highest BCUT2D eigenvalue weighted by Crippen LogP contribution is 2.15. The minimum absolute atomic E-state index is 0.0602. The van der Waals surface area contributed by atoms with Crippen LogP contribution in [0.25, 0.3) is 0 Å². The van der Waals surface area contributed by atoms with Crippen molar-refractivity contribution in [2.45, 2.75) is 19.9 Å². The van der Waals surface area contributed by atoms with Gasteiger partial charge in [0, 0.05) is 24.5 Å². The molecule has 128 valence electrons. The Hall–Kier alpha value is -3.08. The number of amides is 1. The predicted molar refractivity (Wildman–Crippen MR) is 98.6 cm³/mol. The van der Waals surface area contributed by atoms with E-state index < -0.39 is 0 Å². The van der Waals surface area contributed by atoms with Gasteiger partial charge in [-0.2, -0.15) is 0 Å². The molecule has 0 aliphatic heterocycles.